The van der Waals surface area contributed by atoms with E-state index in [-0.39, 0.29) is 32.1 Å². The summed E-state index contributed by atoms with van der Waals surface area (Å²) >= 11 is 0. The van der Waals surface area contributed by atoms with Crippen molar-refractivity contribution in [2.45, 2.75) is 44.2 Å². The van der Waals surface area contributed by atoms with Gasteiger partial charge in [-0.1, -0.05) is 48.5 Å². The van der Waals surface area contributed by atoms with Gasteiger partial charge in [0.2, 0.25) is 6.04 Å². The molecule has 1 aliphatic carbocycles. The number of carboxylic acid groups (broad SMARTS) is 1. The number of likely N-dealkylation sites (tertiary alicyclic amines) is 1. The molecule has 0 bridgehead atoms. The van der Waals surface area contributed by atoms with Crippen LogP contribution in [-0.4, -0.2) is 65.3 Å². The highest BCUT2D eigenvalue weighted by Crippen LogP contribution is 2.44. The van der Waals surface area contributed by atoms with Crippen molar-refractivity contribution >= 4 is 23.9 Å². The average Bonchev–Trinajstić information content (AvgIpc) is 3.40. The van der Waals surface area contributed by atoms with E-state index in [9.17, 15) is 24.3 Å². The Morgan fingerprint density at radius 3 is 2.23 bits per heavy atom. The Kier molecular flexibility index (Phi) is 6.77. The first kappa shape index (κ1) is 24.3. The molecule has 1 saturated heterocycles. The number of benzene rings is 2. The van der Waals surface area contributed by atoms with Gasteiger partial charge < -0.3 is 19.5 Å². The molecule has 184 valence electrons. The largest absolute Gasteiger partial charge is 0.480 e. The summed E-state index contributed by atoms with van der Waals surface area (Å²) in [6, 6.07) is 14.0. The van der Waals surface area contributed by atoms with E-state index in [4.69, 9.17) is 9.47 Å². The highest BCUT2D eigenvalue weighted by molar-refractivity contribution is 6.05. The first-order chi connectivity index (χ1) is 16.8. The SMILES string of the molecule is CCOC(=O)C(NC(=O)OCC1c2ccccc2-c2ccccc21)C(=O)N1CCC[C@@]1(C)C(=O)O. The van der Waals surface area contributed by atoms with Gasteiger partial charge in [-0.05, 0) is 48.9 Å². The number of nitrogens with one attached hydrogen (secondary N) is 1. The predicted molar refractivity (Wildman–Crippen MR) is 126 cm³/mol. The lowest BCUT2D eigenvalue weighted by molar-refractivity contribution is -0.160. The third-order valence-corrected chi connectivity index (χ3v) is 6.74. The van der Waals surface area contributed by atoms with Gasteiger partial charge in [0.25, 0.3) is 5.91 Å². The number of hydrogen-bond donors (Lipinski definition) is 2. The van der Waals surface area contributed by atoms with Gasteiger partial charge in [0.15, 0.2) is 0 Å². The summed E-state index contributed by atoms with van der Waals surface area (Å²) in [5.74, 6) is -3.17. The summed E-state index contributed by atoms with van der Waals surface area (Å²) < 4.78 is 10.4. The van der Waals surface area contributed by atoms with Crippen molar-refractivity contribution in [2.75, 3.05) is 19.8 Å². The number of fused-ring (bicyclic) bond motifs is 3. The molecule has 1 fully saturated rings. The minimum atomic E-state index is -1.71. The Labute approximate surface area is 203 Å². The molecular formula is C26H28N2O7. The molecule has 1 heterocycles. The topological polar surface area (TPSA) is 122 Å². The molecule has 2 amide bonds. The molecule has 1 aliphatic heterocycles. The fraction of sp³-hybridized carbons (Fsp3) is 0.385. The second kappa shape index (κ2) is 9.77. The standard InChI is InChI=1S/C26H28N2O7/c1-3-34-23(30)21(22(29)28-14-8-13-26(28,2)24(31)32)27-25(33)35-15-20-18-11-6-4-9-16(18)17-10-5-7-12-19(17)20/h4-7,9-12,20-21H,3,8,13-15H2,1-2H3,(H,27,33)(H,31,32)/t21?,26-/m0/s1. The maximum absolute atomic E-state index is 13.2. The maximum atomic E-state index is 13.2. The van der Waals surface area contributed by atoms with Gasteiger partial charge in [0.05, 0.1) is 6.61 Å². The first-order valence-electron chi connectivity index (χ1n) is 11.6. The van der Waals surface area contributed by atoms with E-state index < -0.39 is 35.5 Å². The Bertz CT molecular complexity index is 1120. The maximum Gasteiger partial charge on any atom is 0.408 e. The number of aliphatic carboxylic acids is 1. The van der Waals surface area contributed by atoms with Crippen LogP contribution in [0.1, 0.15) is 43.7 Å². The summed E-state index contributed by atoms with van der Waals surface area (Å²) in [7, 11) is 0. The van der Waals surface area contributed by atoms with Crippen molar-refractivity contribution < 1.29 is 33.8 Å². The quantitative estimate of drug-likeness (QED) is 0.461. The lowest BCUT2D eigenvalue weighted by atomic mass is 9.98. The predicted octanol–water partition coefficient (Wildman–Crippen LogP) is 2.92. The molecule has 2 aliphatic rings. The molecule has 1 unspecified atom stereocenters. The smallest absolute Gasteiger partial charge is 0.408 e. The van der Waals surface area contributed by atoms with Crippen LogP contribution in [0, 0.1) is 0 Å². The van der Waals surface area contributed by atoms with Crippen LogP contribution in [0.2, 0.25) is 0 Å². The van der Waals surface area contributed by atoms with E-state index in [0.29, 0.717) is 6.42 Å². The summed E-state index contributed by atoms with van der Waals surface area (Å²) in [6.45, 7) is 3.15. The molecular weight excluding hydrogens is 452 g/mol. The Morgan fingerprint density at radius 1 is 1.06 bits per heavy atom. The lowest BCUT2D eigenvalue weighted by Crippen LogP contribution is -2.59. The summed E-state index contributed by atoms with van der Waals surface area (Å²) in [6.07, 6.45) is -0.252. The van der Waals surface area contributed by atoms with Crippen molar-refractivity contribution in [3.05, 3.63) is 59.7 Å². The average molecular weight is 481 g/mol. The van der Waals surface area contributed by atoms with E-state index in [1.54, 1.807) is 6.92 Å². The zero-order chi connectivity index (χ0) is 25.2. The normalized spacial score (nSPS) is 19.4. The number of hydrogen-bond acceptors (Lipinski definition) is 6. The Balaban J connectivity index is 1.49. The van der Waals surface area contributed by atoms with Crippen molar-refractivity contribution in [3.63, 3.8) is 0 Å². The first-order valence-corrected chi connectivity index (χ1v) is 11.6. The molecule has 4 rings (SSSR count). The van der Waals surface area contributed by atoms with Crippen molar-refractivity contribution in [1.29, 1.82) is 0 Å². The molecule has 9 heteroatoms. The third-order valence-electron chi connectivity index (χ3n) is 6.74. The number of nitrogens with zero attached hydrogens (tertiary/aromatic N) is 1. The number of carbonyl (C=O) groups excluding carboxylic acids is 3. The highest BCUT2D eigenvalue weighted by Gasteiger charge is 2.49. The van der Waals surface area contributed by atoms with E-state index in [1.807, 2.05) is 48.5 Å². The van der Waals surface area contributed by atoms with Crippen molar-refractivity contribution in [2.24, 2.45) is 0 Å². The number of carbonyl (C=O) groups is 4. The van der Waals surface area contributed by atoms with Gasteiger partial charge >= 0.3 is 18.0 Å². The molecule has 2 atom stereocenters. The van der Waals surface area contributed by atoms with Crippen LogP contribution in [0.15, 0.2) is 48.5 Å². The minimum Gasteiger partial charge on any atom is -0.480 e. The molecule has 0 spiro atoms. The van der Waals surface area contributed by atoms with Gasteiger partial charge in [0, 0.05) is 12.5 Å². The number of alkyl carbamates (subject to hydrolysis) is 1. The van der Waals surface area contributed by atoms with E-state index >= 15 is 0 Å². The molecule has 0 aromatic heterocycles. The van der Waals surface area contributed by atoms with Gasteiger partial charge in [-0.15, -0.1) is 0 Å². The molecule has 0 saturated carbocycles. The van der Waals surface area contributed by atoms with Gasteiger partial charge in [-0.25, -0.2) is 14.4 Å². The number of rotatable bonds is 7. The fourth-order valence-electron chi connectivity index (χ4n) is 4.90. The monoisotopic (exact) mass is 480 g/mol. The van der Waals surface area contributed by atoms with Crippen LogP contribution in [0.5, 0.6) is 0 Å². The van der Waals surface area contributed by atoms with Crippen molar-refractivity contribution in [1.82, 2.24) is 10.2 Å². The van der Waals surface area contributed by atoms with Gasteiger partial charge in [-0.2, -0.15) is 0 Å². The molecule has 35 heavy (non-hydrogen) atoms. The molecule has 9 nitrogen and oxygen atoms in total. The second-order valence-corrected chi connectivity index (χ2v) is 8.83. The van der Waals surface area contributed by atoms with Crippen LogP contribution >= 0.6 is 0 Å². The molecule has 0 radical (unpaired) electrons. The molecule has 2 aromatic carbocycles. The summed E-state index contributed by atoms with van der Waals surface area (Å²) in [4.78, 5) is 51.4. The second-order valence-electron chi connectivity index (χ2n) is 8.83. The van der Waals surface area contributed by atoms with Crippen molar-refractivity contribution in [3.8, 4) is 11.1 Å². The van der Waals surface area contributed by atoms with E-state index in [0.717, 1.165) is 27.2 Å². The Morgan fingerprint density at radius 2 is 1.66 bits per heavy atom. The zero-order valence-electron chi connectivity index (χ0n) is 19.7. The Hall–Kier alpha value is -3.88. The number of ether oxygens (including phenoxy) is 2. The van der Waals surface area contributed by atoms with Crippen LogP contribution in [0.3, 0.4) is 0 Å². The minimum absolute atomic E-state index is 0.000150. The summed E-state index contributed by atoms with van der Waals surface area (Å²) in [5, 5.41) is 11.9. The lowest BCUT2D eigenvalue weighted by Gasteiger charge is -2.33. The highest BCUT2D eigenvalue weighted by atomic mass is 16.6. The number of amides is 2. The third kappa shape index (κ3) is 4.45. The van der Waals surface area contributed by atoms with E-state index in [2.05, 4.69) is 5.32 Å². The van der Waals surface area contributed by atoms with Crippen LogP contribution in [0.4, 0.5) is 4.79 Å². The fourth-order valence-corrected chi connectivity index (χ4v) is 4.90. The number of carboxylic acids is 1. The van der Waals surface area contributed by atoms with Crippen LogP contribution in [0.25, 0.3) is 11.1 Å². The summed E-state index contributed by atoms with van der Waals surface area (Å²) in [5.41, 5.74) is 2.71. The van der Waals surface area contributed by atoms with Gasteiger partial charge in [0.1, 0.15) is 12.1 Å². The number of esters is 1. The van der Waals surface area contributed by atoms with Crippen LogP contribution < -0.4 is 5.32 Å². The van der Waals surface area contributed by atoms with E-state index in [1.165, 1.54) is 6.92 Å². The zero-order valence-corrected chi connectivity index (χ0v) is 19.7. The van der Waals surface area contributed by atoms with Gasteiger partial charge in [-0.3, -0.25) is 10.1 Å². The molecule has 2 aromatic rings. The van der Waals surface area contributed by atoms with Crippen LogP contribution in [-0.2, 0) is 23.9 Å². The molecule has 2 N–H and O–H groups in total.